The highest BCUT2D eigenvalue weighted by Crippen LogP contribution is 2.23. The molecule has 16 heavy (non-hydrogen) atoms. The zero-order valence-electron chi connectivity index (χ0n) is 10.7. The van der Waals surface area contributed by atoms with Crippen molar-refractivity contribution in [3.05, 3.63) is 16.1 Å². The Balaban J connectivity index is 2.65. The Hall–Kier alpha value is -0.850. The van der Waals surface area contributed by atoms with Crippen molar-refractivity contribution in [3.63, 3.8) is 0 Å². The second-order valence-corrected chi connectivity index (χ2v) is 6.44. The van der Waals surface area contributed by atoms with Crippen LogP contribution in [0.15, 0.2) is 5.38 Å². The Morgan fingerprint density at radius 2 is 2.00 bits per heavy atom. The Labute approximate surface area is 102 Å². The lowest BCUT2D eigenvalue weighted by Crippen LogP contribution is -2.36. The fraction of sp³-hybridized carbons (Fsp3) is 0.615. The summed E-state index contributed by atoms with van der Waals surface area (Å²) in [4.78, 5) is 4.61. The maximum atomic E-state index is 5.42. The van der Waals surface area contributed by atoms with Crippen molar-refractivity contribution < 1.29 is 0 Å². The van der Waals surface area contributed by atoms with Gasteiger partial charge in [0.25, 0.3) is 0 Å². The van der Waals surface area contributed by atoms with Gasteiger partial charge in [0.05, 0.1) is 11.2 Å². The lowest BCUT2D eigenvalue weighted by molar-refractivity contribution is 0.488. The zero-order valence-corrected chi connectivity index (χ0v) is 11.5. The highest BCUT2D eigenvalue weighted by Gasteiger charge is 2.18. The van der Waals surface area contributed by atoms with Gasteiger partial charge in [-0.25, -0.2) is 4.98 Å². The SMILES string of the molecule is C#CC(C)(C)NCc1nc(C(C)(C)C)cs1. The van der Waals surface area contributed by atoms with E-state index in [1.807, 2.05) is 13.8 Å². The molecule has 88 valence electrons. The molecule has 0 aliphatic carbocycles. The summed E-state index contributed by atoms with van der Waals surface area (Å²) < 4.78 is 0. The van der Waals surface area contributed by atoms with E-state index in [9.17, 15) is 0 Å². The maximum Gasteiger partial charge on any atom is 0.107 e. The van der Waals surface area contributed by atoms with Crippen LogP contribution in [-0.2, 0) is 12.0 Å². The summed E-state index contributed by atoms with van der Waals surface area (Å²) in [6.07, 6.45) is 5.42. The van der Waals surface area contributed by atoms with Crippen LogP contribution < -0.4 is 5.32 Å². The van der Waals surface area contributed by atoms with Gasteiger partial charge in [-0.05, 0) is 13.8 Å². The van der Waals surface area contributed by atoms with E-state index in [1.165, 1.54) is 0 Å². The van der Waals surface area contributed by atoms with Crippen LogP contribution in [0.5, 0.6) is 0 Å². The highest BCUT2D eigenvalue weighted by molar-refractivity contribution is 7.09. The summed E-state index contributed by atoms with van der Waals surface area (Å²) in [6.45, 7) is 11.2. The first-order valence-electron chi connectivity index (χ1n) is 5.42. The normalized spacial score (nSPS) is 12.5. The van der Waals surface area contributed by atoms with Gasteiger partial charge in [-0.2, -0.15) is 0 Å². The van der Waals surface area contributed by atoms with Crippen LogP contribution in [0.25, 0.3) is 0 Å². The average molecular weight is 236 g/mol. The van der Waals surface area contributed by atoms with Crippen LogP contribution in [-0.4, -0.2) is 10.5 Å². The molecule has 0 atom stereocenters. The minimum Gasteiger partial charge on any atom is -0.295 e. The number of aromatic nitrogens is 1. The van der Waals surface area contributed by atoms with E-state index in [4.69, 9.17) is 6.42 Å². The molecule has 1 heterocycles. The molecular weight excluding hydrogens is 216 g/mol. The molecule has 0 saturated carbocycles. The predicted molar refractivity (Wildman–Crippen MR) is 70.6 cm³/mol. The van der Waals surface area contributed by atoms with Gasteiger partial charge in [0.1, 0.15) is 5.01 Å². The lowest BCUT2D eigenvalue weighted by Gasteiger charge is -2.18. The van der Waals surface area contributed by atoms with E-state index >= 15 is 0 Å². The molecule has 2 nitrogen and oxygen atoms in total. The topological polar surface area (TPSA) is 24.9 Å². The third kappa shape index (κ3) is 3.62. The molecule has 0 radical (unpaired) electrons. The van der Waals surface area contributed by atoms with Crippen LogP contribution >= 0.6 is 11.3 Å². The van der Waals surface area contributed by atoms with Gasteiger partial charge >= 0.3 is 0 Å². The van der Waals surface area contributed by atoms with Gasteiger partial charge in [-0.3, -0.25) is 5.32 Å². The fourth-order valence-corrected chi connectivity index (χ4v) is 2.04. The zero-order chi connectivity index (χ0) is 12.4. The summed E-state index contributed by atoms with van der Waals surface area (Å²) in [7, 11) is 0. The van der Waals surface area contributed by atoms with E-state index in [-0.39, 0.29) is 11.0 Å². The van der Waals surface area contributed by atoms with Crippen molar-refractivity contribution in [1.82, 2.24) is 10.3 Å². The molecule has 0 amide bonds. The van der Waals surface area contributed by atoms with Crippen LogP contribution in [0.4, 0.5) is 0 Å². The molecule has 0 fully saturated rings. The summed E-state index contributed by atoms with van der Waals surface area (Å²) in [5, 5.41) is 6.52. The first kappa shape index (κ1) is 13.2. The van der Waals surface area contributed by atoms with Crippen LogP contribution in [0.2, 0.25) is 0 Å². The molecule has 0 spiro atoms. The minimum absolute atomic E-state index is 0.121. The lowest BCUT2D eigenvalue weighted by atomic mass is 9.93. The fourth-order valence-electron chi connectivity index (χ4n) is 1.08. The van der Waals surface area contributed by atoms with Crippen molar-refractivity contribution in [2.45, 2.75) is 52.1 Å². The monoisotopic (exact) mass is 236 g/mol. The van der Waals surface area contributed by atoms with E-state index in [0.29, 0.717) is 0 Å². The molecule has 0 bridgehead atoms. The van der Waals surface area contributed by atoms with Crippen LogP contribution in [0, 0.1) is 12.3 Å². The van der Waals surface area contributed by atoms with Gasteiger partial charge in [0, 0.05) is 17.3 Å². The third-order valence-electron chi connectivity index (χ3n) is 2.36. The van der Waals surface area contributed by atoms with Crippen LogP contribution in [0.1, 0.15) is 45.3 Å². The second-order valence-electron chi connectivity index (χ2n) is 5.50. The van der Waals surface area contributed by atoms with Crippen molar-refractivity contribution in [2.24, 2.45) is 0 Å². The van der Waals surface area contributed by atoms with Crippen molar-refractivity contribution in [1.29, 1.82) is 0 Å². The van der Waals surface area contributed by atoms with Gasteiger partial charge in [-0.1, -0.05) is 26.7 Å². The van der Waals surface area contributed by atoms with E-state index in [1.54, 1.807) is 11.3 Å². The van der Waals surface area contributed by atoms with E-state index in [2.05, 4.69) is 42.4 Å². The Kier molecular flexibility index (Phi) is 3.77. The minimum atomic E-state index is -0.270. The molecular formula is C13H20N2S. The number of rotatable bonds is 3. The molecule has 0 aromatic carbocycles. The summed E-state index contributed by atoms with van der Waals surface area (Å²) in [5.74, 6) is 2.71. The van der Waals surface area contributed by atoms with E-state index < -0.39 is 0 Å². The second kappa shape index (κ2) is 4.57. The summed E-state index contributed by atoms with van der Waals surface area (Å²) in [6, 6.07) is 0. The first-order valence-corrected chi connectivity index (χ1v) is 6.30. The molecule has 0 unspecified atom stereocenters. The number of thiazole rings is 1. The van der Waals surface area contributed by atoms with Crippen molar-refractivity contribution >= 4 is 11.3 Å². The smallest absolute Gasteiger partial charge is 0.107 e. The first-order chi connectivity index (χ1) is 7.24. The Bertz CT molecular complexity index is 391. The third-order valence-corrected chi connectivity index (χ3v) is 3.21. The van der Waals surface area contributed by atoms with Gasteiger partial charge in [0.15, 0.2) is 0 Å². The quantitative estimate of drug-likeness (QED) is 0.816. The molecule has 0 aliphatic heterocycles. The Morgan fingerprint density at radius 1 is 1.38 bits per heavy atom. The molecule has 3 heteroatoms. The number of nitrogens with one attached hydrogen (secondary N) is 1. The summed E-state index contributed by atoms with van der Waals surface area (Å²) >= 11 is 1.69. The van der Waals surface area contributed by atoms with E-state index in [0.717, 1.165) is 17.2 Å². The average Bonchev–Trinajstić information content (AvgIpc) is 2.63. The predicted octanol–water partition coefficient (Wildman–Crippen LogP) is 2.94. The number of nitrogens with zero attached hydrogens (tertiary/aromatic N) is 1. The maximum absolute atomic E-state index is 5.42. The van der Waals surface area contributed by atoms with Crippen molar-refractivity contribution in [2.75, 3.05) is 0 Å². The molecule has 1 aromatic heterocycles. The molecule has 1 N–H and O–H groups in total. The molecule has 1 rings (SSSR count). The molecule has 0 aliphatic rings. The standard InChI is InChI=1S/C13H20N2S/c1-7-13(5,6)14-8-11-15-10(9-16-11)12(2,3)4/h1,9,14H,8H2,2-6H3. The summed E-state index contributed by atoms with van der Waals surface area (Å²) in [5.41, 5.74) is 0.997. The molecule has 0 saturated heterocycles. The largest absolute Gasteiger partial charge is 0.295 e. The van der Waals surface area contributed by atoms with Crippen molar-refractivity contribution in [3.8, 4) is 12.3 Å². The van der Waals surface area contributed by atoms with Gasteiger partial charge in [0.2, 0.25) is 0 Å². The Morgan fingerprint density at radius 3 is 2.44 bits per heavy atom. The number of hydrogen-bond acceptors (Lipinski definition) is 3. The highest BCUT2D eigenvalue weighted by atomic mass is 32.1. The number of hydrogen-bond donors (Lipinski definition) is 1. The molecule has 1 aromatic rings. The van der Waals surface area contributed by atoms with Crippen LogP contribution in [0.3, 0.4) is 0 Å². The van der Waals surface area contributed by atoms with Gasteiger partial charge in [-0.15, -0.1) is 17.8 Å². The number of terminal acetylenes is 1. The van der Waals surface area contributed by atoms with Gasteiger partial charge < -0.3 is 0 Å².